The molecule has 34 heavy (non-hydrogen) atoms. The second-order valence-electron chi connectivity index (χ2n) is 8.47. The molecule has 1 N–H and O–H groups in total. The van der Waals surface area contributed by atoms with E-state index in [0.717, 1.165) is 5.56 Å². The molecule has 0 radical (unpaired) electrons. The predicted molar refractivity (Wildman–Crippen MR) is 131 cm³/mol. The van der Waals surface area contributed by atoms with Gasteiger partial charge in [-0.1, -0.05) is 29.8 Å². The number of aliphatic hydroxyl groups is 1. The molecule has 1 saturated heterocycles. The maximum absolute atomic E-state index is 13.2. The molecule has 6 heteroatoms. The molecule has 0 saturated carbocycles. The van der Waals surface area contributed by atoms with Crippen molar-refractivity contribution in [1.29, 1.82) is 0 Å². The van der Waals surface area contributed by atoms with Gasteiger partial charge in [-0.05, 0) is 74.9 Å². The molecule has 1 atom stereocenters. The van der Waals surface area contributed by atoms with Crippen molar-refractivity contribution < 1.29 is 24.2 Å². The minimum Gasteiger partial charge on any atom is -0.507 e. The van der Waals surface area contributed by atoms with Crippen LogP contribution in [0.5, 0.6) is 11.5 Å². The van der Waals surface area contributed by atoms with E-state index in [2.05, 4.69) is 0 Å². The van der Waals surface area contributed by atoms with Gasteiger partial charge in [-0.25, -0.2) is 0 Å². The minimum atomic E-state index is -0.791. The molecule has 1 heterocycles. The zero-order valence-electron chi connectivity index (χ0n) is 19.6. The molecular weight excluding hydrogens is 430 g/mol. The Labute approximate surface area is 199 Å². The molecule has 6 nitrogen and oxygen atoms in total. The fourth-order valence-corrected chi connectivity index (χ4v) is 4.02. The first kappa shape index (κ1) is 23.1. The van der Waals surface area contributed by atoms with Gasteiger partial charge in [0.1, 0.15) is 17.3 Å². The Morgan fingerprint density at radius 1 is 0.882 bits per heavy atom. The fourth-order valence-electron chi connectivity index (χ4n) is 4.02. The maximum atomic E-state index is 13.2. The van der Waals surface area contributed by atoms with Crippen molar-refractivity contribution >= 4 is 23.1 Å². The van der Waals surface area contributed by atoms with Crippen molar-refractivity contribution in [3.05, 3.63) is 95.1 Å². The number of amides is 1. The molecule has 174 valence electrons. The van der Waals surface area contributed by atoms with Gasteiger partial charge in [-0.2, -0.15) is 0 Å². The molecular formula is C28H27NO5. The highest BCUT2D eigenvalue weighted by Crippen LogP contribution is 2.42. The monoisotopic (exact) mass is 457 g/mol. The lowest BCUT2D eigenvalue weighted by molar-refractivity contribution is -0.132. The number of Topliss-reactive ketones (excluding diaryl/α,β-unsaturated/α-hetero) is 1. The summed E-state index contributed by atoms with van der Waals surface area (Å²) in [6.45, 7) is 5.80. The van der Waals surface area contributed by atoms with Gasteiger partial charge >= 0.3 is 0 Å². The quantitative estimate of drug-likeness (QED) is 0.304. The molecule has 4 rings (SSSR count). The molecule has 0 bridgehead atoms. The third-order valence-electron chi connectivity index (χ3n) is 5.69. The van der Waals surface area contributed by atoms with Crippen LogP contribution in [0.4, 0.5) is 5.69 Å². The van der Waals surface area contributed by atoms with Gasteiger partial charge < -0.3 is 14.6 Å². The highest BCUT2D eigenvalue weighted by molar-refractivity contribution is 6.51. The Bertz CT molecular complexity index is 1230. The zero-order valence-corrected chi connectivity index (χ0v) is 19.6. The van der Waals surface area contributed by atoms with Gasteiger partial charge in [0.15, 0.2) is 0 Å². The molecule has 1 fully saturated rings. The standard InChI is InChI=1S/C28H27NO5/c1-17(2)34-23-15-9-20(10-16-23)26(30)24-25(19-7-13-22(33-4)14-8-19)29(28(32)27(24)31)21-11-5-18(3)6-12-21/h5-17,25,30H,1-4H3/b26-24+. The van der Waals surface area contributed by atoms with Crippen molar-refractivity contribution in [2.45, 2.75) is 32.9 Å². The van der Waals surface area contributed by atoms with Crippen LogP contribution in [0.1, 0.15) is 36.6 Å². The summed E-state index contributed by atoms with van der Waals surface area (Å²) in [5, 5.41) is 11.2. The number of nitrogens with zero attached hydrogens (tertiary/aromatic N) is 1. The van der Waals surface area contributed by atoms with Gasteiger partial charge in [0, 0.05) is 11.3 Å². The second kappa shape index (κ2) is 9.43. The lowest BCUT2D eigenvalue weighted by Gasteiger charge is -2.25. The van der Waals surface area contributed by atoms with Crippen LogP contribution in [0.25, 0.3) is 5.76 Å². The molecule has 1 unspecified atom stereocenters. The zero-order chi connectivity index (χ0) is 24.4. The SMILES string of the molecule is COc1ccc(C2/C(=C(\O)c3ccc(OC(C)C)cc3)C(=O)C(=O)N2c2ccc(C)cc2)cc1. The predicted octanol–water partition coefficient (Wildman–Crippen LogP) is 5.42. The number of carbonyl (C=O) groups is 2. The summed E-state index contributed by atoms with van der Waals surface area (Å²) in [7, 11) is 1.57. The summed E-state index contributed by atoms with van der Waals surface area (Å²) in [4.78, 5) is 27.9. The lowest BCUT2D eigenvalue weighted by Crippen LogP contribution is -2.29. The molecule has 0 aliphatic carbocycles. The van der Waals surface area contributed by atoms with Crippen molar-refractivity contribution in [1.82, 2.24) is 0 Å². The van der Waals surface area contributed by atoms with Crippen LogP contribution in [0.3, 0.4) is 0 Å². The number of ketones is 1. The smallest absolute Gasteiger partial charge is 0.300 e. The molecule has 1 aliphatic heterocycles. The van der Waals surface area contributed by atoms with Crippen molar-refractivity contribution in [3.63, 3.8) is 0 Å². The second-order valence-corrected chi connectivity index (χ2v) is 8.47. The Morgan fingerprint density at radius 3 is 2.03 bits per heavy atom. The molecule has 3 aromatic rings. The van der Waals surface area contributed by atoms with Crippen LogP contribution < -0.4 is 14.4 Å². The van der Waals surface area contributed by atoms with Gasteiger partial charge in [0.25, 0.3) is 11.7 Å². The molecule has 0 spiro atoms. The first-order valence-corrected chi connectivity index (χ1v) is 11.1. The van der Waals surface area contributed by atoms with Crippen LogP contribution in [0.2, 0.25) is 0 Å². The largest absolute Gasteiger partial charge is 0.507 e. The molecule has 3 aromatic carbocycles. The van der Waals surface area contributed by atoms with Gasteiger partial charge in [-0.15, -0.1) is 0 Å². The minimum absolute atomic E-state index is 0.00866. The Kier molecular flexibility index (Phi) is 6.41. The topological polar surface area (TPSA) is 76.1 Å². The van der Waals surface area contributed by atoms with Crippen LogP contribution in [0, 0.1) is 6.92 Å². The third-order valence-corrected chi connectivity index (χ3v) is 5.69. The van der Waals surface area contributed by atoms with E-state index in [0.29, 0.717) is 28.3 Å². The lowest BCUT2D eigenvalue weighted by atomic mass is 9.95. The number of benzene rings is 3. The number of aryl methyl sites for hydroxylation is 1. The molecule has 0 aromatic heterocycles. The van der Waals surface area contributed by atoms with Crippen LogP contribution in [-0.4, -0.2) is 30.0 Å². The van der Waals surface area contributed by atoms with Crippen molar-refractivity contribution in [3.8, 4) is 11.5 Å². The Balaban J connectivity index is 1.85. The normalized spacial score (nSPS) is 17.3. The summed E-state index contributed by atoms with van der Waals surface area (Å²) < 4.78 is 10.9. The number of hydrogen-bond acceptors (Lipinski definition) is 5. The van der Waals surface area contributed by atoms with E-state index >= 15 is 0 Å². The average molecular weight is 458 g/mol. The van der Waals surface area contributed by atoms with Gasteiger partial charge in [0.2, 0.25) is 0 Å². The molecule has 1 aliphatic rings. The summed E-state index contributed by atoms with van der Waals surface area (Å²) in [5.74, 6) is -0.354. The van der Waals surface area contributed by atoms with Crippen molar-refractivity contribution in [2.75, 3.05) is 12.0 Å². The van der Waals surface area contributed by atoms with E-state index in [9.17, 15) is 14.7 Å². The van der Waals surface area contributed by atoms with Crippen LogP contribution in [-0.2, 0) is 9.59 Å². The van der Waals surface area contributed by atoms with Gasteiger partial charge in [-0.3, -0.25) is 14.5 Å². The summed E-state index contributed by atoms with van der Waals surface area (Å²) in [6.07, 6.45) is 0.00866. The maximum Gasteiger partial charge on any atom is 0.300 e. The number of aliphatic hydroxyl groups excluding tert-OH is 1. The van der Waals surface area contributed by atoms with Gasteiger partial charge in [0.05, 0.1) is 24.8 Å². The first-order valence-electron chi connectivity index (χ1n) is 11.1. The highest BCUT2D eigenvalue weighted by Gasteiger charge is 2.46. The number of anilines is 1. The van der Waals surface area contributed by atoms with Crippen LogP contribution in [0.15, 0.2) is 78.4 Å². The third kappa shape index (κ3) is 4.39. The summed E-state index contributed by atoms with van der Waals surface area (Å²) in [6, 6.07) is 20.5. The number of carbonyl (C=O) groups excluding carboxylic acids is 2. The highest BCUT2D eigenvalue weighted by atomic mass is 16.5. The van der Waals surface area contributed by atoms with E-state index in [1.54, 1.807) is 67.8 Å². The number of rotatable bonds is 6. The first-order chi connectivity index (χ1) is 16.3. The molecule has 1 amide bonds. The van der Waals surface area contributed by atoms with E-state index in [-0.39, 0.29) is 17.4 Å². The number of ether oxygens (including phenoxy) is 2. The van der Waals surface area contributed by atoms with E-state index in [1.807, 2.05) is 32.9 Å². The van der Waals surface area contributed by atoms with E-state index in [1.165, 1.54) is 4.90 Å². The Morgan fingerprint density at radius 2 is 1.47 bits per heavy atom. The van der Waals surface area contributed by atoms with E-state index < -0.39 is 17.7 Å². The average Bonchev–Trinajstić information content (AvgIpc) is 3.10. The van der Waals surface area contributed by atoms with Crippen molar-refractivity contribution in [2.24, 2.45) is 0 Å². The fraction of sp³-hybridized carbons (Fsp3) is 0.214. The number of methoxy groups -OCH3 is 1. The summed E-state index contributed by atoms with van der Waals surface area (Å²) >= 11 is 0. The summed E-state index contributed by atoms with van der Waals surface area (Å²) in [5.41, 5.74) is 2.75. The Hall–Kier alpha value is -4.06. The van der Waals surface area contributed by atoms with E-state index in [4.69, 9.17) is 9.47 Å². The number of hydrogen-bond donors (Lipinski definition) is 1. The van der Waals surface area contributed by atoms with Crippen LogP contribution >= 0.6 is 0 Å².